The minimum atomic E-state index is 0. The van der Waals surface area contributed by atoms with Gasteiger partial charge in [0.05, 0.1) is 11.9 Å². The zero-order valence-corrected chi connectivity index (χ0v) is 12.7. The minimum Gasteiger partial charge on any atom is -0.308 e. The van der Waals surface area contributed by atoms with Gasteiger partial charge in [-0.3, -0.25) is 9.36 Å². The molecule has 19 heavy (non-hydrogen) atoms. The first kappa shape index (κ1) is 15.7. The van der Waals surface area contributed by atoms with Crippen molar-refractivity contribution in [3.8, 4) is 0 Å². The van der Waals surface area contributed by atoms with E-state index in [9.17, 15) is 0 Å². The van der Waals surface area contributed by atoms with Crippen LogP contribution in [-0.2, 0) is 20.1 Å². The van der Waals surface area contributed by atoms with Crippen molar-refractivity contribution in [2.24, 2.45) is 7.05 Å². The van der Waals surface area contributed by atoms with Crippen LogP contribution in [0.15, 0.2) is 18.6 Å². The molecule has 0 amide bonds. The van der Waals surface area contributed by atoms with Crippen molar-refractivity contribution >= 4 is 12.4 Å². The molecule has 2 heterocycles. The van der Waals surface area contributed by atoms with E-state index in [1.165, 1.54) is 11.1 Å². The molecule has 0 saturated heterocycles. The molecule has 0 unspecified atom stereocenters. The van der Waals surface area contributed by atoms with Crippen molar-refractivity contribution < 1.29 is 0 Å². The summed E-state index contributed by atoms with van der Waals surface area (Å²) in [5, 5.41) is 12.1. The van der Waals surface area contributed by atoms with Crippen LogP contribution in [0.5, 0.6) is 0 Å². The van der Waals surface area contributed by atoms with E-state index in [1.54, 1.807) is 0 Å². The number of halogens is 1. The Morgan fingerprint density at radius 2 is 2.00 bits per heavy atom. The van der Waals surface area contributed by atoms with Crippen LogP contribution in [0.25, 0.3) is 0 Å². The number of aromatic nitrogens is 4. The Morgan fingerprint density at radius 3 is 2.53 bits per heavy atom. The fourth-order valence-electron chi connectivity index (χ4n) is 1.86. The Labute approximate surface area is 120 Å². The second-order valence-corrected chi connectivity index (χ2v) is 4.94. The zero-order chi connectivity index (χ0) is 13.1. The molecule has 0 aliphatic rings. The van der Waals surface area contributed by atoms with E-state index in [0.717, 1.165) is 18.8 Å². The minimum absolute atomic E-state index is 0. The molecular formula is C13H22ClN5. The maximum absolute atomic E-state index is 4.50. The second kappa shape index (κ2) is 6.73. The van der Waals surface area contributed by atoms with Crippen molar-refractivity contribution in [3.05, 3.63) is 35.4 Å². The van der Waals surface area contributed by atoms with E-state index < -0.39 is 0 Å². The first-order valence-electron chi connectivity index (χ1n) is 6.29. The van der Waals surface area contributed by atoms with Gasteiger partial charge in [0.1, 0.15) is 0 Å². The van der Waals surface area contributed by atoms with Crippen molar-refractivity contribution in [1.82, 2.24) is 24.9 Å². The lowest BCUT2D eigenvalue weighted by atomic mass is 10.2. The summed E-state index contributed by atoms with van der Waals surface area (Å²) in [4.78, 5) is 0. The molecule has 2 aromatic rings. The summed E-state index contributed by atoms with van der Waals surface area (Å²) in [6.45, 7) is 8.01. The summed E-state index contributed by atoms with van der Waals surface area (Å²) in [5.74, 6) is 0. The molecule has 0 radical (unpaired) electrons. The van der Waals surface area contributed by atoms with Crippen LogP contribution in [0.4, 0.5) is 0 Å². The molecule has 0 bridgehead atoms. The molecule has 0 atom stereocenters. The molecule has 2 rings (SSSR count). The van der Waals surface area contributed by atoms with Crippen LogP contribution in [0, 0.1) is 6.92 Å². The summed E-state index contributed by atoms with van der Waals surface area (Å²) in [6, 6.07) is 0.413. The van der Waals surface area contributed by atoms with Crippen LogP contribution in [0.2, 0.25) is 0 Å². The van der Waals surface area contributed by atoms with Crippen molar-refractivity contribution in [2.45, 2.75) is 39.9 Å². The quantitative estimate of drug-likeness (QED) is 0.915. The average Bonchev–Trinajstić information content (AvgIpc) is 2.87. The van der Waals surface area contributed by atoms with Gasteiger partial charge in [0.15, 0.2) is 0 Å². The molecule has 5 nitrogen and oxygen atoms in total. The van der Waals surface area contributed by atoms with Gasteiger partial charge in [0, 0.05) is 49.7 Å². The molecule has 0 aromatic carbocycles. The standard InChI is InChI=1S/C13H21N5.ClH/c1-10(2)18-9-13(11(3)16-18)7-14-5-12-6-15-17(4)8-12;/h6,8-10,14H,5,7H2,1-4H3;1H. The monoisotopic (exact) mass is 283 g/mol. The zero-order valence-electron chi connectivity index (χ0n) is 11.9. The maximum Gasteiger partial charge on any atom is 0.0638 e. The molecule has 6 heteroatoms. The third-order valence-corrected chi connectivity index (χ3v) is 2.95. The van der Waals surface area contributed by atoms with Crippen molar-refractivity contribution in [2.75, 3.05) is 0 Å². The SMILES string of the molecule is Cc1nn(C(C)C)cc1CNCc1cnn(C)c1.Cl. The van der Waals surface area contributed by atoms with Gasteiger partial charge in [-0.25, -0.2) is 0 Å². The van der Waals surface area contributed by atoms with E-state index in [2.05, 4.69) is 42.5 Å². The summed E-state index contributed by atoms with van der Waals surface area (Å²) in [5.41, 5.74) is 3.56. The fraction of sp³-hybridized carbons (Fsp3) is 0.538. The van der Waals surface area contributed by atoms with Crippen LogP contribution >= 0.6 is 12.4 Å². The number of hydrogen-bond donors (Lipinski definition) is 1. The third kappa shape index (κ3) is 4.08. The Morgan fingerprint density at radius 1 is 1.26 bits per heavy atom. The predicted octanol–water partition coefficient (Wildman–Crippen LogP) is 2.22. The lowest BCUT2D eigenvalue weighted by Crippen LogP contribution is -2.12. The Kier molecular flexibility index (Phi) is 5.57. The van der Waals surface area contributed by atoms with Gasteiger partial charge < -0.3 is 5.32 Å². The molecule has 0 spiro atoms. The summed E-state index contributed by atoms with van der Waals surface area (Å²) in [6.07, 6.45) is 6.03. The summed E-state index contributed by atoms with van der Waals surface area (Å²) < 4.78 is 3.83. The lowest BCUT2D eigenvalue weighted by molar-refractivity contribution is 0.528. The van der Waals surface area contributed by atoms with Crippen LogP contribution in [-0.4, -0.2) is 19.6 Å². The highest BCUT2D eigenvalue weighted by Crippen LogP contribution is 2.10. The van der Waals surface area contributed by atoms with Crippen molar-refractivity contribution in [3.63, 3.8) is 0 Å². The first-order valence-corrected chi connectivity index (χ1v) is 6.29. The van der Waals surface area contributed by atoms with Crippen LogP contribution in [0.3, 0.4) is 0 Å². The highest BCUT2D eigenvalue weighted by Gasteiger charge is 2.06. The van der Waals surface area contributed by atoms with Gasteiger partial charge in [-0.2, -0.15) is 10.2 Å². The first-order chi connectivity index (χ1) is 8.56. The molecule has 0 aliphatic carbocycles. The van der Waals surface area contributed by atoms with Gasteiger partial charge >= 0.3 is 0 Å². The number of hydrogen-bond acceptors (Lipinski definition) is 3. The number of nitrogens with one attached hydrogen (secondary N) is 1. The van der Waals surface area contributed by atoms with Gasteiger partial charge in [0.25, 0.3) is 0 Å². The van der Waals surface area contributed by atoms with Crippen LogP contribution in [0.1, 0.15) is 36.7 Å². The average molecular weight is 284 g/mol. The highest BCUT2D eigenvalue weighted by molar-refractivity contribution is 5.85. The van der Waals surface area contributed by atoms with E-state index in [0.29, 0.717) is 6.04 Å². The molecule has 2 aromatic heterocycles. The topological polar surface area (TPSA) is 47.7 Å². The van der Waals surface area contributed by atoms with Crippen molar-refractivity contribution in [1.29, 1.82) is 0 Å². The number of aryl methyl sites for hydroxylation is 2. The molecular weight excluding hydrogens is 262 g/mol. The Balaban J connectivity index is 0.00000180. The molecule has 106 valence electrons. The second-order valence-electron chi connectivity index (χ2n) is 4.94. The Hall–Kier alpha value is -1.33. The molecule has 0 aliphatic heterocycles. The fourth-order valence-corrected chi connectivity index (χ4v) is 1.86. The normalized spacial score (nSPS) is 10.8. The summed E-state index contributed by atoms with van der Waals surface area (Å²) >= 11 is 0. The van der Waals surface area contributed by atoms with E-state index >= 15 is 0 Å². The number of nitrogens with zero attached hydrogens (tertiary/aromatic N) is 4. The van der Waals surface area contributed by atoms with Gasteiger partial charge in [-0.05, 0) is 20.8 Å². The smallest absolute Gasteiger partial charge is 0.0638 e. The van der Waals surface area contributed by atoms with Crippen LogP contribution < -0.4 is 5.32 Å². The van der Waals surface area contributed by atoms with Gasteiger partial charge in [0.2, 0.25) is 0 Å². The lowest BCUT2D eigenvalue weighted by Gasteiger charge is -2.03. The molecule has 0 saturated carbocycles. The van der Waals surface area contributed by atoms with E-state index in [1.807, 2.05) is 28.8 Å². The van der Waals surface area contributed by atoms with E-state index in [-0.39, 0.29) is 12.4 Å². The predicted molar refractivity (Wildman–Crippen MR) is 78.3 cm³/mol. The van der Waals surface area contributed by atoms with Gasteiger partial charge in [-0.15, -0.1) is 12.4 Å². The van der Waals surface area contributed by atoms with E-state index in [4.69, 9.17) is 0 Å². The largest absolute Gasteiger partial charge is 0.308 e. The Bertz CT molecular complexity index is 515. The molecule has 1 N–H and O–H groups in total. The third-order valence-electron chi connectivity index (χ3n) is 2.95. The van der Waals surface area contributed by atoms with Gasteiger partial charge in [-0.1, -0.05) is 0 Å². The highest BCUT2D eigenvalue weighted by atomic mass is 35.5. The molecule has 0 fully saturated rings. The number of rotatable bonds is 5. The summed E-state index contributed by atoms with van der Waals surface area (Å²) in [7, 11) is 1.93. The maximum atomic E-state index is 4.50.